The van der Waals surface area contributed by atoms with Crippen molar-refractivity contribution in [1.82, 2.24) is 9.97 Å². The van der Waals surface area contributed by atoms with Crippen LogP contribution in [0.4, 0.5) is 5.82 Å². The monoisotopic (exact) mass is 371 g/mol. The lowest BCUT2D eigenvalue weighted by Crippen LogP contribution is -2.14. The number of ether oxygens (including phenoxy) is 1. The number of halogens is 1. The summed E-state index contributed by atoms with van der Waals surface area (Å²) in [4.78, 5) is 18.1. The van der Waals surface area contributed by atoms with Crippen LogP contribution in [0.3, 0.4) is 0 Å². The lowest BCUT2D eigenvalue weighted by atomic mass is 10.1. The minimum Gasteiger partial charge on any atom is -0.380 e. The molecule has 2 aromatic rings. The number of hydrogen-bond acceptors (Lipinski definition) is 4. The van der Waals surface area contributed by atoms with Crippen LogP contribution in [0.2, 0.25) is 0 Å². The van der Waals surface area contributed by atoms with Gasteiger partial charge in [-0.1, -0.05) is 24.3 Å². The fourth-order valence-electron chi connectivity index (χ4n) is 1.69. The number of methoxy groups -OCH3 is 1. The van der Waals surface area contributed by atoms with Gasteiger partial charge in [-0.05, 0) is 33.7 Å². The first kappa shape index (κ1) is 14.0. The molecule has 0 amide bonds. The normalized spacial score (nSPS) is 10.4. The summed E-state index contributed by atoms with van der Waals surface area (Å²) in [6, 6.07) is 8.09. The lowest BCUT2D eigenvalue weighted by molar-refractivity contribution is 0.185. The third-order valence-electron chi connectivity index (χ3n) is 2.56. The van der Waals surface area contributed by atoms with Crippen molar-refractivity contribution in [3.63, 3.8) is 0 Å². The molecule has 0 spiro atoms. The van der Waals surface area contributed by atoms with Gasteiger partial charge in [-0.25, -0.2) is 4.98 Å². The zero-order valence-electron chi connectivity index (χ0n) is 10.4. The van der Waals surface area contributed by atoms with E-state index in [0.29, 0.717) is 22.5 Å². The van der Waals surface area contributed by atoms with Crippen LogP contribution in [-0.4, -0.2) is 17.1 Å². The molecular weight excluding hydrogens is 357 g/mol. The van der Waals surface area contributed by atoms with Crippen molar-refractivity contribution in [2.75, 3.05) is 12.4 Å². The van der Waals surface area contributed by atoms with Gasteiger partial charge in [-0.15, -0.1) is 0 Å². The molecule has 100 valence electrons. The van der Waals surface area contributed by atoms with Crippen LogP contribution in [0.25, 0.3) is 0 Å². The summed E-state index contributed by atoms with van der Waals surface area (Å²) in [5, 5.41) is 3.16. The topological polar surface area (TPSA) is 67.0 Å². The van der Waals surface area contributed by atoms with E-state index < -0.39 is 0 Å². The number of benzene rings is 1. The van der Waals surface area contributed by atoms with Crippen molar-refractivity contribution in [1.29, 1.82) is 0 Å². The summed E-state index contributed by atoms with van der Waals surface area (Å²) in [6.45, 7) is 1.21. The largest absolute Gasteiger partial charge is 0.380 e. The van der Waals surface area contributed by atoms with Crippen molar-refractivity contribution in [2.24, 2.45) is 0 Å². The molecule has 6 heteroatoms. The number of hydrogen-bond donors (Lipinski definition) is 2. The summed E-state index contributed by atoms with van der Waals surface area (Å²) >= 11 is 1.98. The smallest absolute Gasteiger partial charge is 0.266 e. The van der Waals surface area contributed by atoms with E-state index in [-0.39, 0.29) is 5.56 Å². The van der Waals surface area contributed by atoms with Gasteiger partial charge in [0, 0.05) is 13.7 Å². The standard InChI is InChI=1S/C13H14IN3O2/c1-19-7-10-4-2-3-9(5-10)6-15-12-11(14)13(18)17-8-16-12/h2-5,8H,6-7H2,1H3,(H2,15,16,17,18). The molecule has 1 aromatic carbocycles. The SMILES string of the molecule is COCc1cccc(CNc2nc[nH]c(=O)c2I)c1. The summed E-state index contributed by atoms with van der Waals surface area (Å²) in [5.74, 6) is 0.599. The predicted molar refractivity (Wildman–Crippen MR) is 82.1 cm³/mol. The van der Waals surface area contributed by atoms with Crippen LogP contribution in [0, 0.1) is 3.57 Å². The van der Waals surface area contributed by atoms with Crippen LogP contribution >= 0.6 is 22.6 Å². The second-order valence-electron chi connectivity index (χ2n) is 4.00. The molecule has 19 heavy (non-hydrogen) atoms. The Hall–Kier alpha value is -1.41. The maximum atomic E-state index is 11.4. The Labute approximate surface area is 124 Å². The molecule has 0 atom stereocenters. The molecular formula is C13H14IN3O2. The van der Waals surface area contributed by atoms with E-state index in [1.807, 2.05) is 40.8 Å². The molecule has 2 N–H and O–H groups in total. The first-order valence-corrected chi connectivity index (χ1v) is 6.82. The Balaban J connectivity index is 2.08. The fourth-order valence-corrected chi connectivity index (χ4v) is 2.17. The molecule has 0 unspecified atom stereocenters. The van der Waals surface area contributed by atoms with Gasteiger partial charge in [0.1, 0.15) is 9.39 Å². The van der Waals surface area contributed by atoms with Gasteiger partial charge in [0.15, 0.2) is 0 Å². The van der Waals surface area contributed by atoms with Crippen molar-refractivity contribution in [3.05, 3.63) is 55.6 Å². The van der Waals surface area contributed by atoms with Crippen molar-refractivity contribution >= 4 is 28.4 Å². The van der Waals surface area contributed by atoms with Gasteiger partial charge in [-0.2, -0.15) is 0 Å². The summed E-state index contributed by atoms with van der Waals surface area (Å²) in [7, 11) is 1.67. The zero-order chi connectivity index (χ0) is 13.7. The van der Waals surface area contributed by atoms with E-state index in [1.165, 1.54) is 6.33 Å². The first-order chi connectivity index (χ1) is 9.20. The van der Waals surface area contributed by atoms with Crippen molar-refractivity contribution in [3.8, 4) is 0 Å². The lowest BCUT2D eigenvalue weighted by Gasteiger charge is -2.08. The summed E-state index contributed by atoms with van der Waals surface area (Å²) in [6.07, 6.45) is 1.40. The quantitative estimate of drug-likeness (QED) is 0.791. The highest BCUT2D eigenvalue weighted by Crippen LogP contribution is 2.12. The molecule has 5 nitrogen and oxygen atoms in total. The van der Waals surface area contributed by atoms with E-state index in [2.05, 4.69) is 21.4 Å². The summed E-state index contributed by atoms with van der Waals surface area (Å²) < 4.78 is 5.66. The van der Waals surface area contributed by atoms with Gasteiger partial charge in [0.2, 0.25) is 0 Å². The number of nitrogens with one attached hydrogen (secondary N) is 2. The van der Waals surface area contributed by atoms with Crippen LogP contribution in [-0.2, 0) is 17.9 Å². The molecule has 0 bridgehead atoms. The van der Waals surface area contributed by atoms with E-state index in [9.17, 15) is 4.79 Å². The van der Waals surface area contributed by atoms with Crippen molar-refractivity contribution in [2.45, 2.75) is 13.2 Å². The minimum absolute atomic E-state index is 0.133. The molecule has 1 heterocycles. The van der Waals surface area contributed by atoms with Gasteiger partial charge in [-0.3, -0.25) is 4.79 Å². The predicted octanol–water partition coefficient (Wildman–Crippen LogP) is 2.13. The van der Waals surface area contributed by atoms with Crippen LogP contribution in [0.1, 0.15) is 11.1 Å². The highest BCUT2D eigenvalue weighted by Gasteiger charge is 2.04. The molecule has 0 aliphatic rings. The second-order valence-corrected chi connectivity index (χ2v) is 5.08. The Morgan fingerprint density at radius 1 is 1.42 bits per heavy atom. The van der Waals surface area contributed by atoms with E-state index in [4.69, 9.17) is 4.74 Å². The Morgan fingerprint density at radius 3 is 3.00 bits per heavy atom. The van der Waals surface area contributed by atoms with E-state index in [0.717, 1.165) is 11.1 Å². The molecule has 0 saturated carbocycles. The molecule has 0 aliphatic carbocycles. The molecule has 0 aliphatic heterocycles. The Bertz CT molecular complexity index is 613. The number of H-pyrrole nitrogens is 1. The van der Waals surface area contributed by atoms with Gasteiger partial charge >= 0.3 is 0 Å². The minimum atomic E-state index is -0.133. The zero-order valence-corrected chi connectivity index (χ0v) is 12.6. The van der Waals surface area contributed by atoms with Gasteiger partial charge < -0.3 is 15.0 Å². The number of aromatic amines is 1. The van der Waals surface area contributed by atoms with E-state index in [1.54, 1.807) is 7.11 Å². The Morgan fingerprint density at radius 2 is 2.21 bits per heavy atom. The molecule has 2 rings (SSSR count). The number of aromatic nitrogens is 2. The number of anilines is 1. The highest BCUT2D eigenvalue weighted by atomic mass is 127. The third kappa shape index (κ3) is 3.77. The highest BCUT2D eigenvalue weighted by molar-refractivity contribution is 14.1. The van der Waals surface area contributed by atoms with Crippen LogP contribution in [0.5, 0.6) is 0 Å². The number of nitrogens with zero attached hydrogens (tertiary/aromatic N) is 1. The molecule has 0 fully saturated rings. The summed E-state index contributed by atoms with van der Waals surface area (Å²) in [5.41, 5.74) is 2.11. The average Bonchev–Trinajstić information content (AvgIpc) is 2.41. The average molecular weight is 371 g/mol. The Kier molecular flexibility index (Phi) is 4.92. The molecule has 1 aromatic heterocycles. The van der Waals surface area contributed by atoms with Gasteiger partial charge in [0.05, 0.1) is 12.9 Å². The van der Waals surface area contributed by atoms with Crippen LogP contribution in [0.15, 0.2) is 35.4 Å². The number of rotatable bonds is 5. The fraction of sp³-hybridized carbons (Fsp3) is 0.231. The maximum absolute atomic E-state index is 11.4. The van der Waals surface area contributed by atoms with E-state index >= 15 is 0 Å². The van der Waals surface area contributed by atoms with Crippen molar-refractivity contribution < 1.29 is 4.74 Å². The maximum Gasteiger partial charge on any atom is 0.266 e. The van der Waals surface area contributed by atoms with Crippen LogP contribution < -0.4 is 10.9 Å². The second kappa shape index (κ2) is 6.67. The van der Waals surface area contributed by atoms with Gasteiger partial charge in [0.25, 0.3) is 5.56 Å². The molecule has 0 saturated heterocycles. The third-order valence-corrected chi connectivity index (χ3v) is 3.56. The molecule has 0 radical (unpaired) electrons. The first-order valence-electron chi connectivity index (χ1n) is 5.74.